The lowest BCUT2D eigenvalue weighted by Crippen LogP contribution is -2.37. The fourth-order valence-corrected chi connectivity index (χ4v) is 4.60. The zero-order valence-corrected chi connectivity index (χ0v) is 18.7. The molecule has 31 heavy (non-hydrogen) atoms. The van der Waals surface area contributed by atoms with Crippen molar-refractivity contribution in [2.24, 2.45) is 14.1 Å². The van der Waals surface area contributed by atoms with E-state index in [1.165, 1.54) is 32.0 Å². The Balaban J connectivity index is 1.88. The van der Waals surface area contributed by atoms with E-state index in [1.54, 1.807) is 29.8 Å². The number of hydrogen-bond donors (Lipinski definition) is 0. The quantitative estimate of drug-likeness (QED) is 0.430. The molecular formula is C19H23N7O4S. The molecule has 0 saturated heterocycles. The highest BCUT2D eigenvalue weighted by molar-refractivity contribution is 7.89. The molecule has 0 radical (unpaired) electrons. The van der Waals surface area contributed by atoms with E-state index in [-0.39, 0.29) is 11.4 Å². The second-order valence-electron chi connectivity index (χ2n) is 7.46. The Morgan fingerprint density at radius 3 is 2.45 bits per heavy atom. The minimum atomic E-state index is -3.58. The van der Waals surface area contributed by atoms with Crippen LogP contribution in [0.15, 0.2) is 39.0 Å². The Bertz CT molecular complexity index is 1550. The van der Waals surface area contributed by atoms with Crippen molar-refractivity contribution in [1.82, 2.24) is 32.5 Å². The molecule has 4 rings (SSSR count). The molecule has 1 aromatic carbocycles. The summed E-state index contributed by atoms with van der Waals surface area (Å²) in [6.07, 6.45) is 1.51. The highest BCUT2D eigenvalue weighted by Gasteiger charge is 2.21. The SMILES string of the molecule is CCn1c(Cn2cnc3c2c(=O)n(C)c(=O)n3C)nc2cc(S(=O)(=O)N(C)C)ccc21. The maximum atomic E-state index is 12.7. The average Bonchev–Trinajstić information content (AvgIpc) is 3.31. The van der Waals surface area contributed by atoms with Gasteiger partial charge in [0.2, 0.25) is 10.0 Å². The van der Waals surface area contributed by atoms with Crippen LogP contribution in [0.1, 0.15) is 12.7 Å². The molecule has 164 valence electrons. The number of fused-ring (bicyclic) bond motifs is 2. The first-order valence-electron chi connectivity index (χ1n) is 9.60. The molecule has 3 heterocycles. The van der Waals surface area contributed by atoms with Crippen molar-refractivity contribution in [2.45, 2.75) is 24.9 Å². The van der Waals surface area contributed by atoms with E-state index in [0.717, 1.165) is 14.4 Å². The summed E-state index contributed by atoms with van der Waals surface area (Å²) < 4.78 is 32.1. The average molecular weight is 446 g/mol. The molecule has 0 aliphatic heterocycles. The molecule has 0 N–H and O–H groups in total. The summed E-state index contributed by atoms with van der Waals surface area (Å²) in [5, 5.41) is 0. The predicted octanol–water partition coefficient (Wildman–Crippen LogP) is 0.102. The summed E-state index contributed by atoms with van der Waals surface area (Å²) in [5.41, 5.74) is 1.05. The predicted molar refractivity (Wildman–Crippen MR) is 116 cm³/mol. The third kappa shape index (κ3) is 3.10. The third-order valence-corrected chi connectivity index (χ3v) is 7.23. The minimum Gasteiger partial charge on any atom is -0.327 e. The molecule has 0 spiro atoms. The van der Waals surface area contributed by atoms with Crippen LogP contribution in [0.5, 0.6) is 0 Å². The smallest absolute Gasteiger partial charge is 0.327 e. The molecular weight excluding hydrogens is 422 g/mol. The number of rotatable bonds is 5. The lowest BCUT2D eigenvalue weighted by atomic mass is 10.3. The zero-order chi connectivity index (χ0) is 22.7. The number of hydrogen-bond acceptors (Lipinski definition) is 6. The summed E-state index contributed by atoms with van der Waals surface area (Å²) in [7, 11) is 2.37. The largest absolute Gasteiger partial charge is 0.332 e. The minimum absolute atomic E-state index is 0.161. The normalized spacial score (nSPS) is 12.5. The topological polar surface area (TPSA) is 117 Å². The second-order valence-corrected chi connectivity index (χ2v) is 9.61. The van der Waals surface area contributed by atoms with Gasteiger partial charge in [-0.1, -0.05) is 0 Å². The molecule has 12 heteroatoms. The molecule has 3 aromatic heterocycles. The summed E-state index contributed by atoms with van der Waals surface area (Å²) in [4.78, 5) is 33.9. The number of benzene rings is 1. The lowest BCUT2D eigenvalue weighted by molar-refractivity contribution is 0.521. The van der Waals surface area contributed by atoms with E-state index in [2.05, 4.69) is 9.97 Å². The molecule has 0 aliphatic carbocycles. The second kappa shape index (κ2) is 7.17. The van der Waals surface area contributed by atoms with Crippen LogP contribution < -0.4 is 11.2 Å². The van der Waals surface area contributed by atoms with Gasteiger partial charge in [0.05, 0.1) is 28.8 Å². The van der Waals surface area contributed by atoms with Gasteiger partial charge >= 0.3 is 5.69 Å². The number of aromatic nitrogens is 6. The Morgan fingerprint density at radius 1 is 1.10 bits per heavy atom. The molecule has 0 saturated carbocycles. The maximum absolute atomic E-state index is 12.7. The van der Waals surface area contributed by atoms with Crippen molar-refractivity contribution < 1.29 is 8.42 Å². The maximum Gasteiger partial charge on any atom is 0.332 e. The van der Waals surface area contributed by atoms with Gasteiger partial charge < -0.3 is 9.13 Å². The molecule has 0 atom stereocenters. The van der Waals surface area contributed by atoms with Gasteiger partial charge in [0, 0.05) is 34.7 Å². The molecule has 0 amide bonds. The van der Waals surface area contributed by atoms with Gasteiger partial charge in [-0.15, -0.1) is 0 Å². The van der Waals surface area contributed by atoms with Gasteiger partial charge in [0.15, 0.2) is 11.2 Å². The van der Waals surface area contributed by atoms with Gasteiger partial charge in [-0.25, -0.2) is 27.5 Å². The van der Waals surface area contributed by atoms with Crippen LogP contribution >= 0.6 is 0 Å². The number of aryl methyl sites for hydroxylation is 2. The van der Waals surface area contributed by atoms with Crippen molar-refractivity contribution in [3.05, 3.63) is 51.2 Å². The van der Waals surface area contributed by atoms with Crippen molar-refractivity contribution in [2.75, 3.05) is 14.1 Å². The van der Waals surface area contributed by atoms with Crippen LogP contribution in [-0.4, -0.2) is 55.1 Å². The fourth-order valence-electron chi connectivity index (χ4n) is 3.67. The van der Waals surface area contributed by atoms with Crippen LogP contribution in [0.25, 0.3) is 22.2 Å². The van der Waals surface area contributed by atoms with E-state index in [0.29, 0.717) is 29.0 Å². The zero-order valence-electron chi connectivity index (χ0n) is 17.9. The van der Waals surface area contributed by atoms with Crippen molar-refractivity contribution in [3.8, 4) is 0 Å². The lowest BCUT2D eigenvalue weighted by Gasteiger charge is -2.11. The highest BCUT2D eigenvalue weighted by atomic mass is 32.2. The third-order valence-electron chi connectivity index (χ3n) is 5.42. The number of nitrogens with zero attached hydrogens (tertiary/aromatic N) is 7. The molecule has 0 bridgehead atoms. The standard InChI is InChI=1S/C19H23N7O4S/c1-6-26-14-8-7-12(31(29,30)22(2)3)9-13(14)21-15(26)10-25-11-20-17-16(25)18(27)24(5)19(28)23(17)4/h7-9,11H,6,10H2,1-5H3. The van der Waals surface area contributed by atoms with Gasteiger partial charge in [-0.3, -0.25) is 13.9 Å². The first-order valence-corrected chi connectivity index (χ1v) is 11.0. The van der Waals surface area contributed by atoms with Crippen LogP contribution in [0, 0.1) is 0 Å². The first kappa shape index (κ1) is 21.0. The Morgan fingerprint density at radius 2 is 1.81 bits per heavy atom. The van der Waals surface area contributed by atoms with Crippen LogP contribution in [0.3, 0.4) is 0 Å². The van der Waals surface area contributed by atoms with E-state index < -0.39 is 21.3 Å². The van der Waals surface area contributed by atoms with Gasteiger partial charge in [0.1, 0.15) is 5.82 Å². The van der Waals surface area contributed by atoms with Crippen LogP contribution in [0.2, 0.25) is 0 Å². The monoisotopic (exact) mass is 445 g/mol. The van der Waals surface area contributed by atoms with Crippen LogP contribution in [-0.2, 0) is 37.2 Å². The molecule has 11 nitrogen and oxygen atoms in total. The van der Waals surface area contributed by atoms with E-state index >= 15 is 0 Å². The summed E-state index contributed by atoms with van der Waals surface area (Å²) in [6.45, 7) is 2.81. The molecule has 0 unspecified atom stereocenters. The van der Waals surface area contributed by atoms with E-state index in [1.807, 2.05) is 11.5 Å². The number of sulfonamides is 1. The van der Waals surface area contributed by atoms with Crippen LogP contribution in [0.4, 0.5) is 0 Å². The van der Waals surface area contributed by atoms with E-state index in [9.17, 15) is 18.0 Å². The highest BCUT2D eigenvalue weighted by Crippen LogP contribution is 2.23. The summed E-state index contributed by atoms with van der Waals surface area (Å²) >= 11 is 0. The Labute approximate surface area is 177 Å². The molecule has 0 fully saturated rings. The summed E-state index contributed by atoms with van der Waals surface area (Å²) in [6, 6.07) is 4.85. The van der Waals surface area contributed by atoms with Crippen molar-refractivity contribution >= 4 is 32.2 Å². The van der Waals surface area contributed by atoms with E-state index in [4.69, 9.17) is 0 Å². The van der Waals surface area contributed by atoms with Gasteiger partial charge in [-0.2, -0.15) is 0 Å². The first-order chi connectivity index (χ1) is 14.6. The molecule has 4 aromatic rings. The summed E-state index contributed by atoms with van der Waals surface area (Å²) in [5.74, 6) is 0.645. The molecule has 0 aliphatic rings. The number of imidazole rings is 2. The van der Waals surface area contributed by atoms with Crippen molar-refractivity contribution in [1.29, 1.82) is 0 Å². The van der Waals surface area contributed by atoms with Gasteiger partial charge in [0.25, 0.3) is 5.56 Å². The Hall–Kier alpha value is -3.25. The van der Waals surface area contributed by atoms with Crippen molar-refractivity contribution in [3.63, 3.8) is 0 Å². The fraction of sp³-hybridized carbons (Fsp3) is 0.368. The van der Waals surface area contributed by atoms with Gasteiger partial charge in [-0.05, 0) is 25.1 Å². The Kier molecular flexibility index (Phi) is 4.85.